The van der Waals surface area contributed by atoms with E-state index in [0.29, 0.717) is 17.8 Å². The lowest BCUT2D eigenvalue weighted by Crippen LogP contribution is -2.37. The van der Waals surface area contributed by atoms with Crippen LogP contribution in [0.25, 0.3) is 0 Å². The van der Waals surface area contributed by atoms with Crippen molar-refractivity contribution in [3.05, 3.63) is 47.0 Å². The van der Waals surface area contributed by atoms with Crippen LogP contribution >= 0.6 is 11.6 Å². The van der Waals surface area contributed by atoms with E-state index in [4.69, 9.17) is 21.1 Å². The van der Waals surface area contributed by atoms with Crippen LogP contribution in [0.4, 0.5) is 0 Å². The molecular formula is C20H27ClO2. The van der Waals surface area contributed by atoms with Gasteiger partial charge in [0.1, 0.15) is 0 Å². The first-order chi connectivity index (χ1) is 11.3. The van der Waals surface area contributed by atoms with Gasteiger partial charge in [-0.2, -0.15) is 0 Å². The Morgan fingerprint density at radius 1 is 1.04 bits per heavy atom. The summed E-state index contributed by atoms with van der Waals surface area (Å²) in [4.78, 5) is 0. The van der Waals surface area contributed by atoms with Gasteiger partial charge in [-0.15, -0.1) is 0 Å². The summed E-state index contributed by atoms with van der Waals surface area (Å²) >= 11 is 5.68. The molecule has 1 saturated heterocycles. The third kappa shape index (κ3) is 4.37. The molecule has 1 saturated carbocycles. The predicted octanol–water partition coefficient (Wildman–Crippen LogP) is 5.26. The molecule has 0 radical (unpaired) electrons. The van der Waals surface area contributed by atoms with Crippen molar-refractivity contribution in [2.45, 2.75) is 51.2 Å². The summed E-state index contributed by atoms with van der Waals surface area (Å²) in [6.45, 7) is 3.74. The van der Waals surface area contributed by atoms with Crippen molar-refractivity contribution in [1.82, 2.24) is 0 Å². The van der Waals surface area contributed by atoms with Crippen LogP contribution in [0.3, 0.4) is 0 Å². The fourth-order valence-electron chi connectivity index (χ4n) is 3.72. The number of hydrogen-bond donors (Lipinski definition) is 0. The molecule has 23 heavy (non-hydrogen) atoms. The van der Waals surface area contributed by atoms with Crippen LogP contribution in [0.5, 0.6) is 0 Å². The molecule has 1 aliphatic carbocycles. The van der Waals surface area contributed by atoms with E-state index in [9.17, 15) is 0 Å². The van der Waals surface area contributed by atoms with Crippen molar-refractivity contribution in [1.29, 1.82) is 0 Å². The smallest absolute Gasteiger partial charge is 0.160 e. The molecule has 2 aliphatic rings. The van der Waals surface area contributed by atoms with E-state index >= 15 is 0 Å². The predicted molar refractivity (Wildman–Crippen MR) is 94.7 cm³/mol. The lowest BCUT2D eigenvalue weighted by atomic mass is 9.81. The van der Waals surface area contributed by atoms with E-state index < -0.39 is 0 Å². The third-order valence-corrected chi connectivity index (χ3v) is 5.47. The Labute approximate surface area is 144 Å². The summed E-state index contributed by atoms with van der Waals surface area (Å²) in [6.07, 6.45) is 7.93. The zero-order valence-corrected chi connectivity index (χ0v) is 14.7. The molecule has 1 heterocycles. The van der Waals surface area contributed by atoms with E-state index in [0.717, 1.165) is 19.6 Å². The van der Waals surface area contributed by atoms with Crippen LogP contribution in [-0.2, 0) is 15.9 Å². The van der Waals surface area contributed by atoms with Crippen LogP contribution in [-0.4, -0.2) is 19.5 Å². The van der Waals surface area contributed by atoms with Gasteiger partial charge >= 0.3 is 0 Å². The Morgan fingerprint density at radius 3 is 2.26 bits per heavy atom. The monoisotopic (exact) mass is 334 g/mol. The highest BCUT2D eigenvalue weighted by atomic mass is 35.5. The van der Waals surface area contributed by atoms with E-state index in [1.807, 2.05) is 0 Å². The van der Waals surface area contributed by atoms with E-state index in [2.05, 4.69) is 37.3 Å². The summed E-state index contributed by atoms with van der Waals surface area (Å²) in [7, 11) is 0. The van der Waals surface area contributed by atoms with Crippen LogP contribution in [0.15, 0.2) is 35.9 Å². The molecule has 0 spiro atoms. The standard InChI is InChI=1S/C20H27ClO2/c1-2-15-3-7-17(8-4-15)19-13-22-20(23-14-19)18-9-5-16(6-10-18)11-12-21/h3-4,7-8,11-12,16,18-20H,2,5-6,9-10,13-14H2,1H3/b12-11+/t16-,18-,19-,20-. The molecule has 1 aliphatic heterocycles. The number of hydrogen-bond acceptors (Lipinski definition) is 2. The molecule has 0 atom stereocenters. The lowest BCUT2D eigenvalue weighted by Gasteiger charge is -2.37. The Balaban J connectivity index is 1.48. The van der Waals surface area contributed by atoms with Gasteiger partial charge in [0.25, 0.3) is 0 Å². The van der Waals surface area contributed by atoms with Crippen molar-refractivity contribution in [3.63, 3.8) is 0 Å². The Bertz CT molecular complexity index is 495. The van der Waals surface area contributed by atoms with E-state index in [1.54, 1.807) is 5.54 Å². The minimum absolute atomic E-state index is 0.0119. The van der Waals surface area contributed by atoms with Gasteiger partial charge in [-0.05, 0) is 49.1 Å². The minimum Gasteiger partial charge on any atom is -0.352 e. The van der Waals surface area contributed by atoms with Gasteiger partial charge in [-0.1, -0.05) is 48.9 Å². The number of rotatable bonds is 4. The molecular weight excluding hydrogens is 308 g/mol. The van der Waals surface area contributed by atoms with E-state index in [-0.39, 0.29) is 6.29 Å². The zero-order chi connectivity index (χ0) is 16.1. The highest BCUT2D eigenvalue weighted by molar-refractivity contribution is 6.25. The third-order valence-electron chi connectivity index (χ3n) is 5.33. The fraction of sp³-hybridized carbons (Fsp3) is 0.600. The summed E-state index contributed by atoms with van der Waals surface area (Å²) in [5.41, 5.74) is 4.37. The largest absolute Gasteiger partial charge is 0.352 e. The van der Waals surface area contributed by atoms with E-state index in [1.165, 1.54) is 36.8 Å². The first kappa shape index (κ1) is 17.0. The van der Waals surface area contributed by atoms with Crippen molar-refractivity contribution < 1.29 is 9.47 Å². The minimum atomic E-state index is -0.0119. The molecule has 0 bridgehead atoms. The SMILES string of the molecule is CCc1ccc([C@H]2CO[C@H]([C@H]3CC[C@H](/C=C/Cl)CC3)OC2)cc1. The molecule has 0 aromatic heterocycles. The molecule has 2 fully saturated rings. The molecule has 2 nitrogen and oxygen atoms in total. The van der Waals surface area contributed by atoms with Gasteiger partial charge in [0.2, 0.25) is 0 Å². The molecule has 0 unspecified atom stereocenters. The van der Waals surface area contributed by atoms with Crippen molar-refractivity contribution in [2.75, 3.05) is 13.2 Å². The second-order valence-corrected chi connectivity index (χ2v) is 7.07. The first-order valence-electron chi connectivity index (χ1n) is 8.89. The number of aryl methyl sites for hydroxylation is 1. The average Bonchev–Trinajstić information content (AvgIpc) is 2.63. The maximum absolute atomic E-state index is 6.07. The molecule has 1 aromatic rings. The normalized spacial score (nSPS) is 32.3. The maximum Gasteiger partial charge on any atom is 0.160 e. The summed E-state index contributed by atoms with van der Waals surface area (Å²) < 4.78 is 12.1. The quantitative estimate of drug-likeness (QED) is 0.747. The molecule has 126 valence electrons. The molecule has 1 aromatic carbocycles. The van der Waals surface area contributed by atoms with Gasteiger partial charge in [0.15, 0.2) is 6.29 Å². The molecule has 0 N–H and O–H groups in total. The summed E-state index contributed by atoms with van der Waals surface area (Å²) in [5, 5.41) is 0. The second kappa shape index (κ2) is 8.32. The molecule has 3 heteroatoms. The second-order valence-electron chi connectivity index (χ2n) is 6.82. The Morgan fingerprint density at radius 2 is 1.70 bits per heavy atom. The summed E-state index contributed by atoms with van der Waals surface area (Å²) in [6, 6.07) is 8.88. The van der Waals surface area contributed by atoms with Crippen LogP contribution in [0, 0.1) is 11.8 Å². The number of benzene rings is 1. The number of allylic oxidation sites excluding steroid dienone is 1. The lowest BCUT2D eigenvalue weighted by molar-refractivity contribution is -0.217. The van der Waals surface area contributed by atoms with Crippen molar-refractivity contribution in [3.8, 4) is 0 Å². The fourth-order valence-corrected chi connectivity index (χ4v) is 3.93. The maximum atomic E-state index is 6.07. The molecule has 0 amide bonds. The molecule has 3 rings (SSSR count). The van der Waals surface area contributed by atoms with Gasteiger partial charge in [-0.25, -0.2) is 0 Å². The van der Waals surface area contributed by atoms with Gasteiger partial charge < -0.3 is 9.47 Å². The van der Waals surface area contributed by atoms with Gasteiger partial charge in [-0.3, -0.25) is 0 Å². The van der Waals surface area contributed by atoms with Crippen molar-refractivity contribution >= 4 is 11.6 Å². The highest BCUT2D eigenvalue weighted by Crippen LogP contribution is 2.35. The Kier molecular flexibility index (Phi) is 6.15. The van der Waals surface area contributed by atoms with Crippen LogP contribution in [0.2, 0.25) is 0 Å². The number of ether oxygens (including phenoxy) is 2. The first-order valence-corrected chi connectivity index (χ1v) is 9.32. The highest BCUT2D eigenvalue weighted by Gasteiger charge is 2.32. The summed E-state index contributed by atoms with van der Waals surface area (Å²) in [5.74, 6) is 1.54. The Hall–Kier alpha value is -0.830. The zero-order valence-electron chi connectivity index (χ0n) is 13.9. The number of halogens is 1. The van der Waals surface area contributed by atoms with Gasteiger partial charge in [0, 0.05) is 17.4 Å². The average molecular weight is 335 g/mol. The van der Waals surface area contributed by atoms with Crippen molar-refractivity contribution in [2.24, 2.45) is 11.8 Å². The van der Waals surface area contributed by atoms with Gasteiger partial charge in [0.05, 0.1) is 13.2 Å². The topological polar surface area (TPSA) is 18.5 Å². The van der Waals surface area contributed by atoms with Crippen LogP contribution < -0.4 is 0 Å². The van der Waals surface area contributed by atoms with Crippen LogP contribution in [0.1, 0.15) is 49.7 Å².